The quantitative estimate of drug-likeness (QED) is 0.119. The molecule has 0 radical (unpaired) electrons. The summed E-state index contributed by atoms with van der Waals surface area (Å²) in [4.78, 5) is 4.80. The normalized spacial score (nSPS) is 11.8. The van der Waals surface area contributed by atoms with Crippen LogP contribution in [0, 0.1) is 0 Å². The lowest BCUT2D eigenvalue weighted by molar-refractivity contribution is 0.827. The molecule has 0 spiro atoms. The van der Waals surface area contributed by atoms with Gasteiger partial charge in [0.15, 0.2) is 0 Å². The van der Waals surface area contributed by atoms with Gasteiger partial charge >= 0.3 is 0 Å². The Morgan fingerprint density at radius 2 is 0.411 bits per heavy atom. The monoisotopic (exact) mass is 1790 g/mol. The van der Waals surface area contributed by atoms with Gasteiger partial charge in [-0.1, -0.05) is 425 Å². The Labute approximate surface area is 815 Å². The summed E-state index contributed by atoms with van der Waals surface area (Å²) in [5.41, 5.74) is 30.7. The van der Waals surface area contributed by atoms with E-state index in [-0.39, 0.29) is 0 Å². The van der Waals surface area contributed by atoms with E-state index in [1.54, 1.807) is 0 Å². The summed E-state index contributed by atoms with van der Waals surface area (Å²) < 4.78 is 7.21. The third-order valence-electron chi connectivity index (χ3n) is 29.5. The van der Waals surface area contributed by atoms with E-state index in [9.17, 15) is 0 Å². The number of para-hydroxylation sites is 4. The van der Waals surface area contributed by atoms with Gasteiger partial charge < -0.3 is 13.7 Å². The fraction of sp³-hybridized carbons (Fsp3) is 0.0146. The van der Waals surface area contributed by atoms with Crippen LogP contribution in [0.25, 0.3) is 274 Å². The molecule has 29 aromatic rings. The molecule has 0 unspecified atom stereocenters. The number of rotatable bonds is 11. The first kappa shape index (κ1) is 82.1. The molecular weight excluding hydrogens is 1700 g/mol. The van der Waals surface area contributed by atoms with Crippen molar-refractivity contribution in [2.45, 2.75) is 13.5 Å². The first-order valence-electron chi connectivity index (χ1n) is 48.9. The van der Waals surface area contributed by atoms with Crippen LogP contribution in [0.1, 0.15) is 6.92 Å². The molecule has 141 heavy (non-hydrogen) atoms. The van der Waals surface area contributed by atoms with E-state index in [0.29, 0.717) is 0 Å². The van der Waals surface area contributed by atoms with Crippen LogP contribution in [0.15, 0.2) is 516 Å². The van der Waals surface area contributed by atoms with Crippen LogP contribution in [-0.2, 0) is 6.54 Å². The molecule has 0 fully saturated rings. The first-order valence-corrected chi connectivity index (χ1v) is 48.9. The van der Waals surface area contributed by atoms with Crippen molar-refractivity contribution in [1.29, 1.82) is 0 Å². The Balaban J connectivity index is 0.000000109. The summed E-state index contributed by atoms with van der Waals surface area (Å²) in [5, 5.41) is 31.6. The molecule has 0 aliphatic heterocycles. The molecule has 4 heterocycles. The highest BCUT2D eigenvalue weighted by Crippen LogP contribution is 2.53. The summed E-state index contributed by atoms with van der Waals surface area (Å²) in [6, 6.07) is 186. The third kappa shape index (κ3) is 13.5. The second kappa shape index (κ2) is 34.2. The minimum atomic E-state index is 0.953. The Bertz CT molecular complexity index is 9650. The molecule has 4 aromatic heterocycles. The van der Waals surface area contributed by atoms with Crippen molar-refractivity contribution >= 4 is 173 Å². The predicted octanol–water partition coefficient (Wildman–Crippen LogP) is 37.6. The fourth-order valence-corrected chi connectivity index (χ4v) is 23.6. The Hall–Kier alpha value is -18.4. The zero-order valence-electron chi connectivity index (χ0n) is 77.6. The smallest absolute Gasteiger partial charge is 0.0703 e. The van der Waals surface area contributed by atoms with Crippen LogP contribution in [0.4, 0.5) is 0 Å². The van der Waals surface area contributed by atoms with Crippen molar-refractivity contribution in [3.63, 3.8) is 0 Å². The highest BCUT2D eigenvalue weighted by atomic mass is 15.0. The Morgan fingerprint density at radius 3 is 0.787 bits per heavy atom. The second-order valence-electron chi connectivity index (χ2n) is 37.1. The van der Waals surface area contributed by atoms with Crippen LogP contribution in [0.3, 0.4) is 0 Å². The molecule has 4 nitrogen and oxygen atoms in total. The molecule has 0 amide bonds. The maximum absolute atomic E-state index is 4.80. The van der Waals surface area contributed by atoms with E-state index in [4.69, 9.17) is 4.98 Å². The molecule has 0 aliphatic rings. The van der Waals surface area contributed by atoms with Crippen molar-refractivity contribution in [3.8, 4) is 100 Å². The van der Waals surface area contributed by atoms with E-state index in [1.165, 1.54) is 251 Å². The number of nitrogens with zero attached hydrogens (tertiary/aromatic N) is 4. The number of hydrogen-bond acceptors (Lipinski definition) is 1. The summed E-state index contributed by atoms with van der Waals surface area (Å²) in [7, 11) is 0. The molecule has 0 saturated heterocycles. The number of aryl methyl sites for hydroxylation is 1. The summed E-state index contributed by atoms with van der Waals surface area (Å²) in [5.74, 6) is 0. The van der Waals surface area contributed by atoms with Gasteiger partial charge in [0.05, 0.1) is 39.5 Å². The number of hydrogen-bond donors (Lipinski definition) is 0. The van der Waals surface area contributed by atoms with Crippen molar-refractivity contribution < 1.29 is 0 Å². The second-order valence-corrected chi connectivity index (χ2v) is 37.1. The van der Waals surface area contributed by atoms with Crippen LogP contribution in [0.5, 0.6) is 0 Å². The van der Waals surface area contributed by atoms with Gasteiger partial charge in [0.25, 0.3) is 0 Å². The Kier molecular flexibility index (Phi) is 19.9. The molecule has 0 saturated carbocycles. The van der Waals surface area contributed by atoms with E-state index >= 15 is 0 Å². The van der Waals surface area contributed by atoms with Crippen LogP contribution in [0.2, 0.25) is 0 Å². The fourth-order valence-electron chi connectivity index (χ4n) is 23.6. The molecule has 0 aliphatic carbocycles. The largest absolute Gasteiger partial charge is 0.341 e. The van der Waals surface area contributed by atoms with E-state index in [2.05, 4.69) is 524 Å². The average Bonchev–Trinajstić information content (AvgIpc) is 1.63. The minimum Gasteiger partial charge on any atom is -0.341 e. The van der Waals surface area contributed by atoms with Crippen LogP contribution in [-0.4, -0.2) is 18.7 Å². The molecule has 0 atom stereocenters. The van der Waals surface area contributed by atoms with E-state index < -0.39 is 0 Å². The van der Waals surface area contributed by atoms with Crippen molar-refractivity contribution in [2.24, 2.45) is 0 Å². The topological polar surface area (TPSA) is 27.7 Å². The summed E-state index contributed by atoms with van der Waals surface area (Å²) in [6.07, 6.45) is 1.99. The van der Waals surface area contributed by atoms with Gasteiger partial charge in [0, 0.05) is 61.0 Å². The van der Waals surface area contributed by atoms with Crippen molar-refractivity contribution in [1.82, 2.24) is 18.7 Å². The number of fused-ring (bicyclic) bond motifs is 19. The predicted molar refractivity (Wildman–Crippen MR) is 603 cm³/mol. The first-order chi connectivity index (χ1) is 70.0. The van der Waals surface area contributed by atoms with Gasteiger partial charge in [-0.25, -0.2) is 0 Å². The maximum atomic E-state index is 4.80. The van der Waals surface area contributed by atoms with Gasteiger partial charge in [0.1, 0.15) is 0 Å². The van der Waals surface area contributed by atoms with Gasteiger partial charge in [-0.05, 0) is 278 Å². The number of pyridine rings is 1. The lowest BCUT2D eigenvalue weighted by Gasteiger charge is -2.19. The number of aromatic nitrogens is 4. The van der Waals surface area contributed by atoms with E-state index in [0.717, 1.165) is 28.8 Å². The lowest BCUT2D eigenvalue weighted by Crippen LogP contribution is -1.95. The molecule has 658 valence electrons. The van der Waals surface area contributed by atoms with Gasteiger partial charge in [0.2, 0.25) is 0 Å². The van der Waals surface area contributed by atoms with Gasteiger partial charge in [-0.15, -0.1) is 0 Å². The highest BCUT2D eigenvalue weighted by molar-refractivity contribution is 6.29. The molecule has 29 rings (SSSR count). The summed E-state index contributed by atoms with van der Waals surface area (Å²) >= 11 is 0. The lowest BCUT2D eigenvalue weighted by atomic mass is 9.84. The average molecular weight is 1790 g/mol. The standard InChI is InChI=1S/C58H37N.C41H26N2.C38H27N/c1-4-18-38(19-5-1)55-43-24-10-14-28-47(43)57(48-29-15-11-25-44(48)55)40-32-34-53-51(36-40)52-37-41(33-35-54(52)59(53)42-22-8-3-9-23-42)58-49-30-16-12-26-45(49)56(39-20-6-2-7-21-39)46-27-13-17-31-50(46)58;1-2-12-27(13-3-1)40-32-16-5-7-18-34(32)41(35-19-8-6-17-33(35)40)29-22-23-39-36(25-29)31-15-9-11-21-38(31)43(39)30-24-28-14-4-10-20-37(28)42-26-30;1-2-39-35-21-10-9-15-28(35)34-24-26(22-23-36(34)39)37-30-16-5-7-18-32(30)38(33-19-8-6-17-31(33)37)29-20-11-13-25-12-3-4-14-27(25)29/h1-37H;1-26H;3-24H,2H2,1H3. The molecule has 25 aromatic carbocycles. The molecule has 4 heteroatoms. The zero-order valence-corrected chi connectivity index (χ0v) is 77.6. The van der Waals surface area contributed by atoms with E-state index in [1.807, 2.05) is 12.3 Å². The Morgan fingerprint density at radius 1 is 0.163 bits per heavy atom. The van der Waals surface area contributed by atoms with Crippen molar-refractivity contribution in [2.75, 3.05) is 0 Å². The highest BCUT2D eigenvalue weighted by Gasteiger charge is 2.27. The van der Waals surface area contributed by atoms with Crippen LogP contribution < -0.4 is 0 Å². The van der Waals surface area contributed by atoms with Gasteiger partial charge in [-0.3, -0.25) is 4.98 Å². The van der Waals surface area contributed by atoms with Gasteiger partial charge in [-0.2, -0.15) is 0 Å². The van der Waals surface area contributed by atoms with Crippen molar-refractivity contribution in [3.05, 3.63) is 516 Å². The summed E-state index contributed by atoms with van der Waals surface area (Å²) in [6.45, 7) is 3.18. The maximum Gasteiger partial charge on any atom is 0.0703 e. The zero-order chi connectivity index (χ0) is 93.1. The molecular formula is C137H90N4. The minimum absolute atomic E-state index is 0.953. The number of benzene rings is 25. The molecule has 0 N–H and O–H groups in total. The third-order valence-corrected chi connectivity index (χ3v) is 29.5. The SMILES string of the molecule is CCn1c2ccccc2c2cc(-c3c4ccccc4c(-c4cccc5ccccc45)c4ccccc34)ccc21.c1ccc(-c2c3ccccc3c(-c3ccc4c(c3)c3cc(-c5c6ccccc6c(-c6ccccc6)c6ccccc56)ccc3n4-c3ccccc3)c3ccccc23)cc1.c1ccc(-c2c3ccccc3c(-c3ccc4c(c3)c3ccccc3n4-c3cnc4ccccc4c3)c3ccccc23)cc1. The van der Waals surface area contributed by atoms with Crippen LogP contribution >= 0.6 is 0 Å². The molecule has 0 bridgehead atoms.